The summed E-state index contributed by atoms with van der Waals surface area (Å²) in [7, 11) is -3.92. The van der Waals surface area contributed by atoms with Gasteiger partial charge in [0.2, 0.25) is 0 Å². The van der Waals surface area contributed by atoms with Crippen molar-refractivity contribution in [2.45, 2.75) is 71.1 Å². The second-order valence-corrected chi connectivity index (χ2v) is 10.0. The normalized spacial score (nSPS) is 11.9. The van der Waals surface area contributed by atoms with Crippen LogP contribution in [0.3, 0.4) is 0 Å². The quantitative estimate of drug-likeness (QED) is 0.265. The Bertz CT molecular complexity index is 1020. The van der Waals surface area contributed by atoms with Gasteiger partial charge in [-0.2, -0.15) is 5.10 Å². The summed E-state index contributed by atoms with van der Waals surface area (Å²) < 4.78 is 27.8. The third-order valence-corrected chi connectivity index (χ3v) is 7.20. The van der Waals surface area contributed by atoms with Crippen LogP contribution in [0.25, 0.3) is 0 Å². The van der Waals surface area contributed by atoms with Crippen molar-refractivity contribution in [3.05, 3.63) is 59.7 Å². The van der Waals surface area contributed by atoms with Crippen LogP contribution >= 0.6 is 0 Å². The first-order valence-electron chi connectivity index (χ1n) is 11.2. The van der Waals surface area contributed by atoms with Crippen LogP contribution in [0.4, 0.5) is 5.69 Å². The maximum Gasteiger partial charge on any atom is 0.264 e. The lowest BCUT2D eigenvalue weighted by Crippen LogP contribution is -2.39. The van der Waals surface area contributed by atoms with Crippen molar-refractivity contribution < 1.29 is 13.2 Å². The number of sulfonamides is 1. The Morgan fingerprint density at radius 1 is 0.969 bits per heavy atom. The highest BCUT2D eigenvalue weighted by Crippen LogP contribution is 2.25. The van der Waals surface area contributed by atoms with Crippen LogP contribution in [0.5, 0.6) is 0 Å². The third-order valence-electron chi connectivity index (χ3n) is 5.41. The highest BCUT2D eigenvalue weighted by atomic mass is 32.2. The third kappa shape index (κ3) is 7.48. The molecule has 0 atom stereocenters. The zero-order valence-corrected chi connectivity index (χ0v) is 20.4. The van der Waals surface area contributed by atoms with Gasteiger partial charge in [0, 0.05) is 5.71 Å². The van der Waals surface area contributed by atoms with Gasteiger partial charge < -0.3 is 0 Å². The molecule has 0 aliphatic rings. The molecule has 0 radical (unpaired) electrons. The number of aryl methyl sites for hydroxylation is 2. The first kappa shape index (κ1) is 25.6. The van der Waals surface area contributed by atoms with E-state index in [0.717, 1.165) is 40.4 Å². The molecule has 1 N–H and O–H groups in total. The highest BCUT2D eigenvalue weighted by molar-refractivity contribution is 7.92. The molecule has 0 aliphatic carbocycles. The Morgan fingerprint density at radius 2 is 1.66 bits per heavy atom. The van der Waals surface area contributed by atoms with Gasteiger partial charge >= 0.3 is 0 Å². The summed E-state index contributed by atoms with van der Waals surface area (Å²) in [6.45, 7) is 7.58. The number of hydrogen-bond donors (Lipinski definition) is 1. The smallest absolute Gasteiger partial charge is 0.264 e. The SMILES string of the molecule is CCCCCCCC(C)=NNC(=O)CN(c1ccc(C)c(C)c1)S(=O)(=O)c1ccccc1. The second-order valence-electron chi connectivity index (χ2n) is 8.14. The maximum absolute atomic E-state index is 13.3. The first-order valence-corrected chi connectivity index (χ1v) is 12.7. The molecule has 0 saturated heterocycles. The van der Waals surface area contributed by atoms with Crippen LogP contribution < -0.4 is 9.73 Å². The van der Waals surface area contributed by atoms with Gasteiger partial charge in [-0.1, -0.05) is 56.9 Å². The molecule has 0 fully saturated rings. The van der Waals surface area contributed by atoms with Crippen molar-refractivity contribution in [3.63, 3.8) is 0 Å². The molecular weight excluding hydrogens is 422 g/mol. The van der Waals surface area contributed by atoms with Crippen molar-refractivity contribution in [2.75, 3.05) is 10.8 Å². The average Bonchev–Trinajstić information content (AvgIpc) is 2.78. The van der Waals surface area contributed by atoms with Gasteiger partial charge in [0.25, 0.3) is 15.9 Å². The summed E-state index contributed by atoms with van der Waals surface area (Å²) in [5, 5.41) is 4.17. The predicted octanol–water partition coefficient (Wildman–Crippen LogP) is 5.35. The predicted molar refractivity (Wildman–Crippen MR) is 132 cm³/mol. The fourth-order valence-corrected chi connectivity index (χ4v) is 4.71. The summed E-state index contributed by atoms with van der Waals surface area (Å²) in [5.41, 5.74) is 5.81. The van der Waals surface area contributed by atoms with Gasteiger partial charge in [-0.3, -0.25) is 9.10 Å². The molecule has 0 aromatic heterocycles. The Hall–Kier alpha value is -2.67. The lowest BCUT2D eigenvalue weighted by Gasteiger charge is -2.24. The van der Waals surface area contributed by atoms with Crippen LogP contribution in [0.2, 0.25) is 0 Å². The van der Waals surface area contributed by atoms with Gasteiger partial charge in [-0.25, -0.2) is 13.8 Å². The molecule has 2 rings (SSSR count). The number of nitrogens with zero attached hydrogens (tertiary/aromatic N) is 2. The first-order chi connectivity index (χ1) is 15.3. The van der Waals surface area contributed by atoms with E-state index >= 15 is 0 Å². The Labute approximate surface area is 192 Å². The molecule has 2 aromatic rings. The fraction of sp³-hybridized carbons (Fsp3) is 0.440. The van der Waals surface area contributed by atoms with Crippen LogP contribution in [0.15, 0.2) is 58.5 Å². The number of hydrazone groups is 1. The Balaban J connectivity index is 2.16. The molecular formula is C25H35N3O3S. The molecule has 7 heteroatoms. The average molecular weight is 458 g/mol. The molecule has 174 valence electrons. The Morgan fingerprint density at radius 3 is 2.31 bits per heavy atom. The molecule has 0 aliphatic heterocycles. The fourth-order valence-electron chi connectivity index (χ4n) is 3.28. The standard InChI is InChI=1S/C25H35N3O3S/c1-5-6-7-8-10-13-22(4)26-27-25(29)19-28(23-17-16-20(2)21(3)18-23)32(30,31)24-14-11-9-12-15-24/h9,11-12,14-18H,5-8,10,13,19H2,1-4H3,(H,27,29). The molecule has 32 heavy (non-hydrogen) atoms. The summed E-state index contributed by atoms with van der Waals surface area (Å²) in [6, 6.07) is 13.5. The minimum Gasteiger partial charge on any atom is -0.271 e. The lowest BCUT2D eigenvalue weighted by atomic mass is 10.1. The number of unbranched alkanes of at least 4 members (excludes halogenated alkanes) is 4. The van der Waals surface area contributed by atoms with Crippen molar-refractivity contribution in [2.24, 2.45) is 5.10 Å². The van der Waals surface area contributed by atoms with Crippen molar-refractivity contribution in [1.29, 1.82) is 0 Å². The van der Waals surface area contributed by atoms with E-state index in [-0.39, 0.29) is 11.4 Å². The minimum atomic E-state index is -3.92. The van der Waals surface area contributed by atoms with Gasteiger partial charge in [0.15, 0.2) is 0 Å². The van der Waals surface area contributed by atoms with Crippen LogP contribution in [0, 0.1) is 13.8 Å². The number of hydrogen-bond acceptors (Lipinski definition) is 4. The Kier molecular flexibility index (Phi) is 9.91. The number of anilines is 1. The summed E-state index contributed by atoms with van der Waals surface area (Å²) in [4.78, 5) is 12.8. The molecule has 0 saturated carbocycles. The van der Waals surface area contributed by atoms with Gasteiger partial charge in [-0.15, -0.1) is 0 Å². The van der Waals surface area contributed by atoms with Gasteiger partial charge in [0.05, 0.1) is 10.6 Å². The van der Waals surface area contributed by atoms with E-state index in [1.807, 2.05) is 26.8 Å². The van der Waals surface area contributed by atoms with Crippen LogP contribution in [-0.4, -0.2) is 26.6 Å². The van der Waals surface area contributed by atoms with Gasteiger partial charge in [-0.05, 0) is 69.0 Å². The number of benzene rings is 2. The van der Waals surface area contributed by atoms with E-state index in [0.29, 0.717) is 5.69 Å². The van der Waals surface area contributed by atoms with E-state index in [1.54, 1.807) is 30.3 Å². The van der Waals surface area contributed by atoms with Crippen LogP contribution in [-0.2, 0) is 14.8 Å². The lowest BCUT2D eigenvalue weighted by molar-refractivity contribution is -0.119. The zero-order valence-electron chi connectivity index (χ0n) is 19.6. The highest BCUT2D eigenvalue weighted by Gasteiger charge is 2.27. The summed E-state index contributed by atoms with van der Waals surface area (Å²) in [5.74, 6) is -0.479. The minimum absolute atomic E-state index is 0.137. The number of carbonyl (C=O) groups is 1. The van der Waals surface area contributed by atoms with E-state index in [2.05, 4.69) is 17.5 Å². The molecule has 0 spiro atoms. The summed E-state index contributed by atoms with van der Waals surface area (Å²) in [6.07, 6.45) is 6.63. The molecule has 0 unspecified atom stereocenters. The van der Waals surface area contributed by atoms with Crippen molar-refractivity contribution in [3.8, 4) is 0 Å². The molecule has 2 aromatic carbocycles. The number of carbonyl (C=O) groups excluding carboxylic acids is 1. The molecule has 6 nitrogen and oxygen atoms in total. The van der Waals surface area contributed by atoms with Crippen molar-refractivity contribution >= 4 is 27.3 Å². The number of nitrogens with one attached hydrogen (secondary N) is 1. The van der Waals surface area contributed by atoms with Crippen LogP contribution in [0.1, 0.15) is 63.5 Å². The van der Waals surface area contributed by atoms with Crippen molar-refractivity contribution in [1.82, 2.24) is 5.43 Å². The topological polar surface area (TPSA) is 78.8 Å². The number of rotatable bonds is 12. The monoisotopic (exact) mass is 457 g/mol. The van der Waals surface area contributed by atoms with Gasteiger partial charge in [0.1, 0.15) is 6.54 Å². The molecule has 0 bridgehead atoms. The molecule has 0 heterocycles. The maximum atomic E-state index is 13.3. The zero-order chi connectivity index (χ0) is 23.6. The summed E-state index contributed by atoms with van der Waals surface area (Å²) >= 11 is 0. The van der Waals surface area contributed by atoms with E-state index in [4.69, 9.17) is 0 Å². The van der Waals surface area contributed by atoms with E-state index < -0.39 is 15.9 Å². The van der Waals surface area contributed by atoms with E-state index in [9.17, 15) is 13.2 Å². The second kappa shape index (κ2) is 12.4. The molecule has 1 amide bonds. The largest absolute Gasteiger partial charge is 0.271 e. The number of amides is 1. The van der Waals surface area contributed by atoms with E-state index in [1.165, 1.54) is 31.4 Å².